The number of hydrogen-bond donors (Lipinski definition) is 1. The third-order valence-electron chi connectivity index (χ3n) is 5.28. The molecule has 0 radical (unpaired) electrons. The van der Waals surface area contributed by atoms with E-state index in [1.165, 1.54) is 22.3 Å². The molecular weight excluding hydrogens is 453 g/mol. The van der Waals surface area contributed by atoms with Crippen LogP contribution in [0.4, 0.5) is 18.9 Å². The summed E-state index contributed by atoms with van der Waals surface area (Å²) in [6, 6.07) is 13.6. The summed E-state index contributed by atoms with van der Waals surface area (Å²) >= 11 is 1.32. The molecule has 4 rings (SSSR count). The van der Waals surface area contributed by atoms with Gasteiger partial charge >= 0.3 is 6.18 Å². The molecule has 1 aliphatic heterocycles. The van der Waals surface area contributed by atoms with E-state index in [1.54, 1.807) is 36.4 Å². The van der Waals surface area contributed by atoms with Crippen molar-refractivity contribution in [3.8, 4) is 5.75 Å². The lowest BCUT2D eigenvalue weighted by Crippen LogP contribution is -2.38. The highest BCUT2D eigenvalue weighted by Crippen LogP contribution is 2.32. The smallest absolute Gasteiger partial charge is 0.416 e. The molecule has 1 N–H and O–H groups in total. The first-order chi connectivity index (χ1) is 15.7. The average molecular weight is 475 g/mol. The molecule has 9 heteroatoms. The minimum atomic E-state index is -4.46. The molecule has 0 fully saturated rings. The van der Waals surface area contributed by atoms with Gasteiger partial charge in [-0.05, 0) is 53.8 Å². The summed E-state index contributed by atoms with van der Waals surface area (Å²) in [5, 5.41) is 4.63. The minimum Gasteiger partial charge on any atom is -0.480 e. The maximum atomic E-state index is 13.1. The van der Waals surface area contributed by atoms with Gasteiger partial charge in [-0.1, -0.05) is 25.1 Å². The topological polar surface area (TPSA) is 58.6 Å². The average Bonchev–Trinajstić information content (AvgIpc) is 3.28. The molecule has 1 unspecified atom stereocenters. The van der Waals surface area contributed by atoms with E-state index in [4.69, 9.17) is 4.74 Å². The Morgan fingerprint density at radius 2 is 2.00 bits per heavy atom. The van der Waals surface area contributed by atoms with E-state index < -0.39 is 17.8 Å². The van der Waals surface area contributed by atoms with Crippen molar-refractivity contribution in [3.63, 3.8) is 0 Å². The van der Waals surface area contributed by atoms with E-state index in [0.29, 0.717) is 33.9 Å². The van der Waals surface area contributed by atoms with Gasteiger partial charge in [0.25, 0.3) is 11.8 Å². The zero-order chi connectivity index (χ0) is 23.6. The lowest BCUT2D eigenvalue weighted by molar-refractivity contribution is -0.139. The molecule has 2 amide bonds. The lowest BCUT2D eigenvalue weighted by atomic mass is 10.1. The maximum absolute atomic E-state index is 13.1. The van der Waals surface area contributed by atoms with Gasteiger partial charge < -0.3 is 15.0 Å². The second-order valence-electron chi connectivity index (χ2n) is 7.66. The van der Waals surface area contributed by atoms with Crippen molar-refractivity contribution in [2.24, 2.45) is 0 Å². The summed E-state index contributed by atoms with van der Waals surface area (Å²) in [5.41, 5.74) is 0.815. The van der Waals surface area contributed by atoms with Gasteiger partial charge in [-0.25, -0.2) is 0 Å². The SMILES string of the molecule is CCC1Oc2ccc(NC(=O)c3cccs3)cc2CN(Cc2cccc(C(F)(F)F)c2)C1=O. The number of nitrogens with zero attached hydrogens (tertiary/aromatic N) is 1. The molecule has 1 aliphatic rings. The number of halogens is 3. The van der Waals surface area contributed by atoms with Crippen molar-refractivity contribution in [1.29, 1.82) is 0 Å². The third kappa shape index (κ3) is 5.19. The predicted molar refractivity (Wildman–Crippen MR) is 119 cm³/mol. The Morgan fingerprint density at radius 1 is 1.18 bits per heavy atom. The molecule has 2 aromatic carbocycles. The molecule has 1 aromatic heterocycles. The first kappa shape index (κ1) is 22.8. The van der Waals surface area contributed by atoms with Gasteiger partial charge in [0.1, 0.15) is 5.75 Å². The highest BCUT2D eigenvalue weighted by Gasteiger charge is 2.32. The highest BCUT2D eigenvalue weighted by atomic mass is 32.1. The Kier molecular flexibility index (Phi) is 6.42. The molecule has 33 heavy (non-hydrogen) atoms. The van der Waals surface area contributed by atoms with E-state index >= 15 is 0 Å². The molecule has 0 aliphatic carbocycles. The fourth-order valence-corrected chi connectivity index (χ4v) is 4.26. The van der Waals surface area contributed by atoms with Crippen LogP contribution in [0.15, 0.2) is 60.0 Å². The minimum absolute atomic E-state index is 0.00777. The molecule has 0 saturated carbocycles. The van der Waals surface area contributed by atoms with Gasteiger partial charge in [0.05, 0.1) is 10.4 Å². The van der Waals surface area contributed by atoms with E-state index in [2.05, 4.69) is 5.32 Å². The number of nitrogens with one attached hydrogen (secondary N) is 1. The molecule has 172 valence electrons. The van der Waals surface area contributed by atoms with Crippen molar-refractivity contribution < 1.29 is 27.5 Å². The van der Waals surface area contributed by atoms with Crippen LogP contribution in [0.3, 0.4) is 0 Å². The van der Waals surface area contributed by atoms with Crippen molar-refractivity contribution in [2.75, 3.05) is 5.32 Å². The summed E-state index contributed by atoms with van der Waals surface area (Å²) in [7, 11) is 0. The summed E-state index contributed by atoms with van der Waals surface area (Å²) in [4.78, 5) is 27.5. The van der Waals surface area contributed by atoms with Crippen LogP contribution >= 0.6 is 11.3 Å². The maximum Gasteiger partial charge on any atom is 0.416 e. The summed E-state index contributed by atoms with van der Waals surface area (Å²) in [6.45, 7) is 1.96. The van der Waals surface area contributed by atoms with Crippen LogP contribution in [-0.4, -0.2) is 22.8 Å². The van der Waals surface area contributed by atoms with Crippen LogP contribution in [0.25, 0.3) is 0 Å². The van der Waals surface area contributed by atoms with Gasteiger partial charge in [0.2, 0.25) is 0 Å². The Bertz CT molecular complexity index is 1160. The summed E-state index contributed by atoms with van der Waals surface area (Å²) in [5.74, 6) is -0.0334. The van der Waals surface area contributed by atoms with Crippen LogP contribution in [0.1, 0.15) is 39.7 Å². The zero-order valence-electron chi connectivity index (χ0n) is 17.7. The predicted octanol–water partition coefficient (Wildman–Crippen LogP) is 5.72. The lowest BCUT2D eigenvalue weighted by Gasteiger charge is -2.23. The normalized spacial score (nSPS) is 16.1. The Hall–Kier alpha value is -3.33. The van der Waals surface area contributed by atoms with E-state index in [0.717, 1.165) is 12.1 Å². The van der Waals surface area contributed by atoms with Crippen molar-refractivity contribution in [2.45, 2.75) is 38.7 Å². The van der Waals surface area contributed by atoms with Gasteiger partial charge in [-0.15, -0.1) is 11.3 Å². The molecule has 1 atom stereocenters. The zero-order valence-corrected chi connectivity index (χ0v) is 18.5. The quantitative estimate of drug-likeness (QED) is 0.515. The molecule has 0 saturated heterocycles. The molecule has 2 heterocycles. The largest absolute Gasteiger partial charge is 0.480 e. The fraction of sp³-hybridized carbons (Fsp3) is 0.250. The number of amides is 2. The Balaban J connectivity index is 1.60. The monoisotopic (exact) mass is 474 g/mol. The molecule has 5 nitrogen and oxygen atoms in total. The van der Waals surface area contributed by atoms with Gasteiger partial charge in [0.15, 0.2) is 6.10 Å². The van der Waals surface area contributed by atoms with Crippen molar-refractivity contribution in [3.05, 3.63) is 81.5 Å². The van der Waals surface area contributed by atoms with E-state index in [-0.39, 0.29) is 24.9 Å². The number of hydrogen-bond acceptors (Lipinski definition) is 4. The second kappa shape index (κ2) is 9.27. The van der Waals surface area contributed by atoms with Crippen LogP contribution in [0.2, 0.25) is 0 Å². The molecule has 0 spiro atoms. The van der Waals surface area contributed by atoms with Crippen molar-refractivity contribution in [1.82, 2.24) is 4.90 Å². The van der Waals surface area contributed by atoms with Crippen molar-refractivity contribution >= 4 is 28.8 Å². The number of carbonyl (C=O) groups is 2. The summed E-state index contributed by atoms with van der Waals surface area (Å²) < 4.78 is 45.3. The third-order valence-corrected chi connectivity index (χ3v) is 6.15. The van der Waals surface area contributed by atoms with Crippen LogP contribution < -0.4 is 10.1 Å². The number of anilines is 1. The van der Waals surface area contributed by atoms with Crippen LogP contribution in [0.5, 0.6) is 5.75 Å². The second-order valence-corrected chi connectivity index (χ2v) is 8.61. The first-order valence-corrected chi connectivity index (χ1v) is 11.2. The number of carbonyl (C=O) groups excluding carboxylic acids is 2. The fourth-order valence-electron chi connectivity index (χ4n) is 3.65. The highest BCUT2D eigenvalue weighted by molar-refractivity contribution is 7.12. The van der Waals surface area contributed by atoms with E-state index in [9.17, 15) is 22.8 Å². The Morgan fingerprint density at radius 3 is 2.70 bits per heavy atom. The number of ether oxygens (including phenoxy) is 1. The number of fused-ring (bicyclic) bond motifs is 1. The Labute approximate surface area is 192 Å². The molecule has 3 aromatic rings. The van der Waals surface area contributed by atoms with Crippen LogP contribution in [0, 0.1) is 0 Å². The van der Waals surface area contributed by atoms with Crippen LogP contribution in [-0.2, 0) is 24.1 Å². The molecule has 0 bridgehead atoms. The standard InChI is InChI=1S/C24H21F3N2O3S/c1-2-19-23(31)29(13-15-5-3-6-17(11-15)24(25,26)27)14-16-12-18(8-9-20(16)32-19)28-22(30)21-7-4-10-33-21/h3-12,19H,2,13-14H2,1H3,(H,28,30). The number of benzene rings is 2. The van der Waals surface area contributed by atoms with Gasteiger partial charge in [0, 0.05) is 24.3 Å². The van der Waals surface area contributed by atoms with E-state index in [1.807, 2.05) is 12.3 Å². The summed E-state index contributed by atoms with van der Waals surface area (Å²) in [6.07, 6.45) is -4.80. The van der Waals surface area contributed by atoms with Gasteiger partial charge in [-0.3, -0.25) is 9.59 Å². The number of rotatable bonds is 5. The first-order valence-electron chi connectivity index (χ1n) is 10.3. The van der Waals surface area contributed by atoms with Gasteiger partial charge in [-0.2, -0.15) is 13.2 Å². The molecular formula is C24H21F3N2O3S. The number of alkyl halides is 3. The number of thiophene rings is 1.